The van der Waals surface area contributed by atoms with Crippen LogP contribution in [-0.2, 0) is 11.3 Å². The van der Waals surface area contributed by atoms with Crippen LogP contribution in [0.5, 0.6) is 0 Å². The minimum atomic E-state index is 0.0530. The Morgan fingerprint density at radius 3 is 2.65 bits per heavy atom. The van der Waals surface area contributed by atoms with Crippen molar-refractivity contribution in [2.75, 3.05) is 25.0 Å². The van der Waals surface area contributed by atoms with Crippen LogP contribution in [0.1, 0.15) is 26.3 Å². The van der Waals surface area contributed by atoms with E-state index in [2.05, 4.69) is 50.5 Å². The molecule has 1 aromatic carbocycles. The van der Waals surface area contributed by atoms with Crippen LogP contribution in [0.3, 0.4) is 0 Å². The number of anilines is 1. The predicted molar refractivity (Wildman–Crippen MR) is 88.1 cm³/mol. The average Bonchev–Trinajstić information content (AvgIpc) is 2.37. The Labute approximate surface area is 130 Å². The first-order valence-corrected chi connectivity index (χ1v) is 7.74. The summed E-state index contributed by atoms with van der Waals surface area (Å²) in [6, 6.07) is 6.34. The van der Waals surface area contributed by atoms with Gasteiger partial charge in [0.2, 0.25) is 5.91 Å². The van der Waals surface area contributed by atoms with Crippen LogP contribution in [-0.4, -0.2) is 32.1 Å². The molecule has 0 spiro atoms. The molecule has 0 saturated heterocycles. The second-order valence-corrected chi connectivity index (χ2v) is 5.96. The molecule has 4 nitrogen and oxygen atoms in total. The summed E-state index contributed by atoms with van der Waals surface area (Å²) >= 11 is 3.50. The highest BCUT2D eigenvalue weighted by atomic mass is 79.9. The van der Waals surface area contributed by atoms with Crippen molar-refractivity contribution < 1.29 is 4.79 Å². The molecule has 0 aliphatic rings. The first kappa shape index (κ1) is 17.0. The fourth-order valence-electron chi connectivity index (χ4n) is 2.08. The van der Waals surface area contributed by atoms with Gasteiger partial charge in [0.1, 0.15) is 0 Å². The van der Waals surface area contributed by atoms with Gasteiger partial charge in [0.15, 0.2) is 0 Å². The summed E-state index contributed by atoms with van der Waals surface area (Å²) in [6.07, 6.45) is 0. The average molecular weight is 342 g/mol. The zero-order chi connectivity index (χ0) is 15.1. The van der Waals surface area contributed by atoms with E-state index in [1.54, 1.807) is 0 Å². The van der Waals surface area contributed by atoms with Gasteiger partial charge in [0, 0.05) is 29.3 Å². The third-order valence-electron chi connectivity index (χ3n) is 2.92. The highest BCUT2D eigenvalue weighted by Gasteiger charge is 2.14. The summed E-state index contributed by atoms with van der Waals surface area (Å²) < 4.78 is 1.02. The van der Waals surface area contributed by atoms with Gasteiger partial charge in [-0.25, -0.2) is 0 Å². The highest BCUT2D eigenvalue weighted by molar-refractivity contribution is 9.10. The van der Waals surface area contributed by atoms with E-state index >= 15 is 0 Å². The number of nitrogens with one attached hydrogen (secondary N) is 2. The molecule has 0 saturated carbocycles. The number of hydrogen-bond donors (Lipinski definition) is 2. The van der Waals surface area contributed by atoms with E-state index < -0.39 is 0 Å². The summed E-state index contributed by atoms with van der Waals surface area (Å²) in [7, 11) is 1.92. The van der Waals surface area contributed by atoms with Crippen LogP contribution < -0.4 is 15.5 Å². The van der Waals surface area contributed by atoms with Gasteiger partial charge in [0.05, 0.1) is 6.54 Å². The Balaban J connectivity index is 2.93. The normalized spacial score (nSPS) is 10.7. The SMILES string of the molecule is CCN(CC(=O)NC(C)C)c1cc(Br)ccc1CNC. The number of benzene rings is 1. The van der Waals surface area contributed by atoms with Crippen molar-refractivity contribution in [1.29, 1.82) is 0 Å². The second-order valence-electron chi connectivity index (χ2n) is 5.04. The third-order valence-corrected chi connectivity index (χ3v) is 3.41. The van der Waals surface area contributed by atoms with E-state index in [-0.39, 0.29) is 11.9 Å². The second kappa shape index (κ2) is 8.27. The lowest BCUT2D eigenvalue weighted by Gasteiger charge is -2.26. The highest BCUT2D eigenvalue weighted by Crippen LogP contribution is 2.25. The van der Waals surface area contributed by atoms with Gasteiger partial charge in [-0.15, -0.1) is 0 Å². The number of nitrogens with zero attached hydrogens (tertiary/aromatic N) is 1. The Hall–Kier alpha value is -1.07. The minimum Gasteiger partial charge on any atom is -0.362 e. The Kier molecular flexibility index (Phi) is 7.02. The van der Waals surface area contributed by atoms with Gasteiger partial charge in [-0.3, -0.25) is 4.79 Å². The van der Waals surface area contributed by atoms with Gasteiger partial charge < -0.3 is 15.5 Å². The van der Waals surface area contributed by atoms with Crippen LogP contribution >= 0.6 is 15.9 Å². The lowest BCUT2D eigenvalue weighted by molar-refractivity contribution is -0.120. The Morgan fingerprint density at radius 1 is 1.40 bits per heavy atom. The number of hydrogen-bond acceptors (Lipinski definition) is 3. The summed E-state index contributed by atoms with van der Waals surface area (Å²) in [5.41, 5.74) is 2.28. The Bertz CT molecular complexity index is 449. The molecule has 0 aliphatic heterocycles. The number of carbonyl (C=O) groups excluding carboxylic acids is 1. The molecular formula is C15H24BrN3O. The van der Waals surface area contributed by atoms with Crippen molar-refractivity contribution in [3.8, 4) is 0 Å². The van der Waals surface area contributed by atoms with E-state index in [0.29, 0.717) is 6.54 Å². The van der Waals surface area contributed by atoms with Gasteiger partial charge in [-0.05, 0) is 45.5 Å². The summed E-state index contributed by atoms with van der Waals surface area (Å²) in [4.78, 5) is 14.1. The molecule has 5 heteroatoms. The molecule has 0 aliphatic carbocycles. The summed E-state index contributed by atoms with van der Waals surface area (Å²) in [5, 5.41) is 6.10. The standard InChI is InChI=1S/C15H24BrN3O/c1-5-19(10-15(20)18-11(2)3)14-8-13(16)7-6-12(14)9-17-4/h6-8,11,17H,5,9-10H2,1-4H3,(H,18,20). The molecule has 0 radical (unpaired) electrons. The molecule has 1 aromatic rings. The molecule has 0 aromatic heterocycles. The summed E-state index contributed by atoms with van der Waals surface area (Å²) in [5.74, 6) is 0.0530. The maximum atomic E-state index is 12.0. The number of likely N-dealkylation sites (N-methyl/N-ethyl adjacent to an activating group) is 1. The summed E-state index contributed by atoms with van der Waals surface area (Å²) in [6.45, 7) is 7.96. The van der Waals surface area contributed by atoms with Crippen molar-refractivity contribution in [2.45, 2.75) is 33.4 Å². The van der Waals surface area contributed by atoms with Crippen LogP contribution in [0.25, 0.3) is 0 Å². The van der Waals surface area contributed by atoms with Gasteiger partial charge in [-0.1, -0.05) is 22.0 Å². The van der Waals surface area contributed by atoms with E-state index in [1.165, 1.54) is 5.56 Å². The van der Waals surface area contributed by atoms with Crippen LogP contribution in [0.4, 0.5) is 5.69 Å². The molecule has 0 heterocycles. The third kappa shape index (κ3) is 5.13. The Morgan fingerprint density at radius 2 is 2.10 bits per heavy atom. The zero-order valence-electron chi connectivity index (χ0n) is 12.7. The molecule has 0 bridgehead atoms. The fourth-order valence-corrected chi connectivity index (χ4v) is 2.43. The number of rotatable bonds is 7. The van der Waals surface area contributed by atoms with E-state index in [4.69, 9.17) is 0 Å². The molecule has 0 unspecified atom stereocenters. The predicted octanol–water partition coefficient (Wildman–Crippen LogP) is 2.52. The number of amides is 1. The molecule has 2 N–H and O–H groups in total. The topological polar surface area (TPSA) is 44.4 Å². The van der Waals surface area contributed by atoms with Crippen molar-refractivity contribution in [1.82, 2.24) is 10.6 Å². The van der Waals surface area contributed by atoms with E-state index in [0.717, 1.165) is 23.2 Å². The van der Waals surface area contributed by atoms with Gasteiger partial charge in [-0.2, -0.15) is 0 Å². The van der Waals surface area contributed by atoms with Crippen molar-refractivity contribution in [2.24, 2.45) is 0 Å². The van der Waals surface area contributed by atoms with Gasteiger partial charge in [0.25, 0.3) is 0 Å². The lowest BCUT2D eigenvalue weighted by atomic mass is 10.1. The molecule has 112 valence electrons. The van der Waals surface area contributed by atoms with Crippen LogP contribution in [0.15, 0.2) is 22.7 Å². The molecule has 0 fully saturated rings. The lowest BCUT2D eigenvalue weighted by Crippen LogP contribution is -2.40. The smallest absolute Gasteiger partial charge is 0.239 e. The maximum absolute atomic E-state index is 12.0. The molecule has 1 amide bonds. The first-order chi connectivity index (χ1) is 9.47. The maximum Gasteiger partial charge on any atom is 0.239 e. The molecular weight excluding hydrogens is 318 g/mol. The van der Waals surface area contributed by atoms with Gasteiger partial charge >= 0.3 is 0 Å². The first-order valence-electron chi connectivity index (χ1n) is 6.95. The van der Waals surface area contributed by atoms with Crippen LogP contribution in [0.2, 0.25) is 0 Å². The quantitative estimate of drug-likeness (QED) is 0.800. The largest absolute Gasteiger partial charge is 0.362 e. The van der Waals surface area contributed by atoms with E-state index in [9.17, 15) is 4.79 Å². The van der Waals surface area contributed by atoms with Crippen molar-refractivity contribution >= 4 is 27.5 Å². The number of halogens is 1. The number of carbonyl (C=O) groups is 1. The zero-order valence-corrected chi connectivity index (χ0v) is 14.3. The minimum absolute atomic E-state index is 0.0530. The fraction of sp³-hybridized carbons (Fsp3) is 0.533. The molecule has 20 heavy (non-hydrogen) atoms. The van der Waals surface area contributed by atoms with Crippen LogP contribution in [0, 0.1) is 0 Å². The monoisotopic (exact) mass is 341 g/mol. The van der Waals surface area contributed by atoms with E-state index in [1.807, 2.05) is 27.0 Å². The molecule has 0 atom stereocenters. The van der Waals surface area contributed by atoms with Crippen molar-refractivity contribution in [3.05, 3.63) is 28.2 Å². The molecule has 1 rings (SSSR count). The van der Waals surface area contributed by atoms with Crippen molar-refractivity contribution in [3.63, 3.8) is 0 Å².